The van der Waals surface area contributed by atoms with E-state index in [1.165, 1.54) is 22.3 Å². The van der Waals surface area contributed by atoms with Gasteiger partial charge in [0.25, 0.3) is 0 Å². The standard InChI is InChI=1S/C42H52N6O5/c1-4-5-19-36-47-38-39(33-17-10-11-18-35(33)46-40(38)43)48(36)27-42(2,3)28-52-25-22-44-37(49)20-24-51-23-12-21-45-41(50)53-26-34-31-15-8-6-13-29(31)30-14-7-9-16-32(30)34/h6-11,13-18,34H,4-5,12,19-28H2,1-3H3,(H2,43,46)(H,44,49)(H,45,50). The highest BCUT2D eigenvalue weighted by Gasteiger charge is 2.29. The fourth-order valence-corrected chi connectivity index (χ4v) is 7.06. The monoisotopic (exact) mass is 720 g/mol. The molecule has 0 saturated heterocycles. The average molecular weight is 721 g/mol. The minimum absolute atomic E-state index is 0.0267. The van der Waals surface area contributed by atoms with Crippen molar-refractivity contribution in [3.05, 3.63) is 89.7 Å². The van der Waals surface area contributed by atoms with Gasteiger partial charge in [0.05, 0.1) is 30.9 Å². The molecule has 0 bridgehead atoms. The molecule has 0 atom stereocenters. The number of imidazole rings is 1. The number of anilines is 1. The van der Waals surface area contributed by atoms with Crippen molar-refractivity contribution in [3.63, 3.8) is 0 Å². The number of pyridine rings is 1. The summed E-state index contributed by atoms with van der Waals surface area (Å²) in [6.45, 7) is 10.0. The number of rotatable bonds is 19. The number of nitrogens with two attached hydrogens (primary N) is 1. The maximum Gasteiger partial charge on any atom is 0.407 e. The Hall–Kier alpha value is -5.00. The average Bonchev–Trinajstić information content (AvgIpc) is 3.68. The fourth-order valence-electron chi connectivity index (χ4n) is 7.06. The quantitative estimate of drug-likeness (QED) is 0.0774. The second-order valence-corrected chi connectivity index (χ2v) is 14.5. The van der Waals surface area contributed by atoms with Gasteiger partial charge in [-0.15, -0.1) is 0 Å². The summed E-state index contributed by atoms with van der Waals surface area (Å²) in [5, 5.41) is 6.75. The number of nitrogens with zero attached hydrogens (tertiary/aromatic N) is 3. The summed E-state index contributed by atoms with van der Waals surface area (Å²) in [6.07, 6.45) is 3.41. The molecule has 4 N–H and O–H groups in total. The third-order valence-electron chi connectivity index (χ3n) is 9.64. The second-order valence-electron chi connectivity index (χ2n) is 14.5. The van der Waals surface area contributed by atoms with Crippen LogP contribution in [0.25, 0.3) is 33.1 Å². The lowest BCUT2D eigenvalue weighted by Gasteiger charge is -2.27. The first-order chi connectivity index (χ1) is 25.8. The Morgan fingerprint density at radius 2 is 1.57 bits per heavy atom. The normalized spacial score (nSPS) is 12.6. The highest BCUT2D eigenvalue weighted by Crippen LogP contribution is 2.44. The summed E-state index contributed by atoms with van der Waals surface area (Å²) in [4.78, 5) is 34.3. The number of nitrogens with one attached hydrogen (secondary N) is 2. The number of fused-ring (bicyclic) bond motifs is 6. The number of hydrogen-bond donors (Lipinski definition) is 3. The Labute approximate surface area is 311 Å². The van der Waals surface area contributed by atoms with Gasteiger partial charge in [0.15, 0.2) is 5.82 Å². The molecule has 53 heavy (non-hydrogen) atoms. The second kappa shape index (κ2) is 17.7. The zero-order valence-corrected chi connectivity index (χ0v) is 31.2. The van der Waals surface area contributed by atoms with E-state index < -0.39 is 6.09 Å². The van der Waals surface area contributed by atoms with E-state index in [0.717, 1.165) is 47.0 Å². The minimum Gasteiger partial charge on any atom is -0.449 e. The number of para-hydroxylation sites is 1. The van der Waals surface area contributed by atoms with E-state index >= 15 is 0 Å². The third-order valence-corrected chi connectivity index (χ3v) is 9.64. The number of unbranched alkanes of at least 4 members (excludes halogenated alkanes) is 1. The number of alkyl carbamates (subject to hydrolysis) is 1. The van der Waals surface area contributed by atoms with Crippen LogP contribution in [0.3, 0.4) is 0 Å². The molecule has 0 aliphatic heterocycles. The molecule has 280 valence electrons. The van der Waals surface area contributed by atoms with E-state index in [2.05, 4.69) is 71.3 Å². The number of carbonyl (C=O) groups excluding carboxylic acids is 2. The number of benzene rings is 3. The number of aromatic nitrogens is 3. The van der Waals surface area contributed by atoms with Crippen molar-refractivity contribution in [2.75, 3.05) is 51.9 Å². The zero-order chi connectivity index (χ0) is 37.2. The van der Waals surface area contributed by atoms with Gasteiger partial charge in [-0.2, -0.15) is 0 Å². The van der Waals surface area contributed by atoms with Crippen LogP contribution in [0.4, 0.5) is 10.6 Å². The summed E-state index contributed by atoms with van der Waals surface area (Å²) < 4.78 is 19.6. The first kappa shape index (κ1) is 37.7. The van der Waals surface area contributed by atoms with Crippen molar-refractivity contribution in [2.45, 2.75) is 65.3 Å². The predicted molar refractivity (Wildman–Crippen MR) is 209 cm³/mol. The van der Waals surface area contributed by atoms with E-state index in [0.29, 0.717) is 58.3 Å². The lowest BCUT2D eigenvalue weighted by Crippen LogP contribution is -2.31. The lowest BCUT2D eigenvalue weighted by atomic mass is 9.94. The molecule has 2 heterocycles. The molecule has 0 radical (unpaired) electrons. The van der Waals surface area contributed by atoms with Crippen LogP contribution in [0.1, 0.15) is 69.3 Å². The van der Waals surface area contributed by atoms with Gasteiger partial charge in [-0.05, 0) is 41.2 Å². The summed E-state index contributed by atoms with van der Waals surface area (Å²) in [7, 11) is 0. The summed E-state index contributed by atoms with van der Waals surface area (Å²) in [6, 6.07) is 24.6. The van der Waals surface area contributed by atoms with Crippen LogP contribution < -0.4 is 16.4 Å². The van der Waals surface area contributed by atoms with Crippen molar-refractivity contribution in [2.24, 2.45) is 5.41 Å². The zero-order valence-electron chi connectivity index (χ0n) is 31.2. The summed E-state index contributed by atoms with van der Waals surface area (Å²) in [5.74, 6) is 1.40. The van der Waals surface area contributed by atoms with Gasteiger partial charge in [-0.1, -0.05) is 93.9 Å². The number of amides is 2. The first-order valence-corrected chi connectivity index (χ1v) is 18.8. The molecule has 11 heteroatoms. The molecule has 5 aromatic rings. The van der Waals surface area contributed by atoms with Crippen LogP contribution in [-0.4, -0.2) is 72.7 Å². The van der Waals surface area contributed by atoms with Crippen molar-refractivity contribution < 1.29 is 23.8 Å². The Morgan fingerprint density at radius 3 is 2.32 bits per heavy atom. The topological polar surface area (TPSA) is 143 Å². The number of carbonyl (C=O) groups is 2. The van der Waals surface area contributed by atoms with Gasteiger partial charge in [0, 0.05) is 55.8 Å². The molecule has 1 aliphatic carbocycles. The Morgan fingerprint density at radius 1 is 0.849 bits per heavy atom. The fraction of sp³-hybridized carbons (Fsp3) is 0.429. The number of aryl methyl sites for hydroxylation is 1. The van der Waals surface area contributed by atoms with Gasteiger partial charge >= 0.3 is 6.09 Å². The van der Waals surface area contributed by atoms with Gasteiger partial charge in [0.1, 0.15) is 17.9 Å². The maximum absolute atomic E-state index is 12.4. The molecule has 1 aliphatic rings. The first-order valence-electron chi connectivity index (χ1n) is 18.8. The summed E-state index contributed by atoms with van der Waals surface area (Å²) in [5.41, 5.74) is 13.6. The highest BCUT2D eigenvalue weighted by atomic mass is 16.5. The molecule has 11 nitrogen and oxygen atoms in total. The molecule has 2 aromatic heterocycles. The molecule has 2 amide bonds. The van der Waals surface area contributed by atoms with Crippen molar-refractivity contribution >= 4 is 39.8 Å². The number of nitrogen functional groups attached to an aromatic ring is 1. The highest BCUT2D eigenvalue weighted by molar-refractivity contribution is 6.06. The maximum atomic E-state index is 12.4. The van der Waals surface area contributed by atoms with E-state index in [1.807, 2.05) is 42.5 Å². The molecule has 0 saturated carbocycles. The van der Waals surface area contributed by atoms with Crippen LogP contribution in [0.2, 0.25) is 0 Å². The number of hydrogen-bond acceptors (Lipinski definition) is 8. The van der Waals surface area contributed by atoms with Gasteiger partial charge < -0.3 is 35.1 Å². The molecular formula is C42H52N6O5. The third kappa shape index (κ3) is 9.33. The van der Waals surface area contributed by atoms with Crippen LogP contribution >= 0.6 is 0 Å². The Balaban J connectivity index is 0.846. The molecule has 0 unspecified atom stereocenters. The molecular weight excluding hydrogens is 668 g/mol. The molecule has 6 rings (SSSR count). The molecule has 0 spiro atoms. The smallest absolute Gasteiger partial charge is 0.407 e. The van der Waals surface area contributed by atoms with E-state index in [9.17, 15) is 9.59 Å². The predicted octanol–water partition coefficient (Wildman–Crippen LogP) is 7.00. The minimum atomic E-state index is -0.444. The van der Waals surface area contributed by atoms with Crippen LogP contribution in [0.15, 0.2) is 72.8 Å². The largest absolute Gasteiger partial charge is 0.449 e. The van der Waals surface area contributed by atoms with Gasteiger partial charge in [0.2, 0.25) is 5.91 Å². The molecule has 3 aromatic carbocycles. The lowest BCUT2D eigenvalue weighted by molar-refractivity contribution is -0.122. The van der Waals surface area contributed by atoms with Gasteiger partial charge in [-0.3, -0.25) is 4.79 Å². The van der Waals surface area contributed by atoms with E-state index in [1.54, 1.807) is 0 Å². The number of ether oxygens (including phenoxy) is 3. The van der Waals surface area contributed by atoms with E-state index in [4.69, 9.17) is 24.9 Å². The van der Waals surface area contributed by atoms with Crippen LogP contribution in [0, 0.1) is 5.41 Å². The van der Waals surface area contributed by atoms with Crippen LogP contribution in [-0.2, 0) is 32.0 Å². The Bertz CT molecular complexity index is 1980. The van der Waals surface area contributed by atoms with Crippen molar-refractivity contribution in [3.8, 4) is 11.1 Å². The molecule has 0 fully saturated rings. The van der Waals surface area contributed by atoms with Gasteiger partial charge in [-0.25, -0.2) is 14.8 Å². The van der Waals surface area contributed by atoms with E-state index in [-0.39, 0.29) is 30.3 Å². The SMILES string of the molecule is CCCCc1nc2c(N)nc3ccccc3c2n1CC(C)(C)COCCNC(=O)CCOCCCNC(=O)OCC1c2ccccc2-c2ccccc21. The van der Waals surface area contributed by atoms with Crippen LogP contribution in [0.5, 0.6) is 0 Å². The van der Waals surface area contributed by atoms with Crippen molar-refractivity contribution in [1.29, 1.82) is 0 Å². The Kier molecular flexibility index (Phi) is 12.6. The van der Waals surface area contributed by atoms with Crippen molar-refractivity contribution in [1.82, 2.24) is 25.2 Å². The summed E-state index contributed by atoms with van der Waals surface area (Å²) >= 11 is 0.